The van der Waals surface area contributed by atoms with Crippen LogP contribution in [0.1, 0.15) is 33.3 Å². The maximum absolute atomic E-state index is 12.6. The first-order valence-corrected chi connectivity index (χ1v) is 11.8. The van der Waals surface area contributed by atoms with Gasteiger partial charge in [-0.2, -0.15) is 0 Å². The lowest BCUT2D eigenvalue weighted by Crippen LogP contribution is -2.55. The second-order valence-corrected chi connectivity index (χ2v) is 10.1. The summed E-state index contributed by atoms with van der Waals surface area (Å²) in [6, 6.07) is 5.46. The number of amides is 1. The number of carbonyl (C=O) groups is 3. The van der Waals surface area contributed by atoms with Crippen LogP contribution in [0.15, 0.2) is 32.2 Å². The summed E-state index contributed by atoms with van der Waals surface area (Å²) in [6.45, 7) is 7.59. The first-order chi connectivity index (χ1) is 15.1. The van der Waals surface area contributed by atoms with Crippen molar-refractivity contribution in [3.63, 3.8) is 0 Å². The van der Waals surface area contributed by atoms with Crippen LogP contribution in [0.25, 0.3) is 5.57 Å². The molecule has 170 valence electrons. The average Bonchev–Trinajstić information content (AvgIpc) is 3.18. The summed E-state index contributed by atoms with van der Waals surface area (Å²) in [4.78, 5) is 39.8. The van der Waals surface area contributed by atoms with Crippen LogP contribution in [-0.4, -0.2) is 49.1 Å². The number of fused-ring (bicyclic) bond motifs is 1. The van der Waals surface area contributed by atoms with Crippen molar-refractivity contribution in [1.82, 2.24) is 0 Å². The molecule has 0 fully saturated rings. The summed E-state index contributed by atoms with van der Waals surface area (Å²) in [6.07, 6.45) is 0. The molecule has 0 aliphatic carbocycles. The second kappa shape index (κ2) is 9.29. The number of carbonyl (C=O) groups excluding carboxylic acids is 3. The van der Waals surface area contributed by atoms with E-state index in [-0.39, 0.29) is 15.7 Å². The monoisotopic (exact) mass is 493 g/mol. The van der Waals surface area contributed by atoms with Crippen LogP contribution in [0.2, 0.25) is 0 Å². The number of ether oxygens (including phenoxy) is 3. The largest absolute Gasteiger partial charge is 0.494 e. The third-order valence-corrected chi connectivity index (χ3v) is 8.25. The van der Waals surface area contributed by atoms with E-state index in [0.29, 0.717) is 38.3 Å². The molecule has 2 aliphatic heterocycles. The van der Waals surface area contributed by atoms with Gasteiger partial charge in [0, 0.05) is 18.1 Å². The number of benzene rings is 1. The van der Waals surface area contributed by atoms with E-state index in [4.69, 9.17) is 26.4 Å². The molecule has 1 aromatic carbocycles. The molecule has 0 N–H and O–H groups in total. The molecule has 0 atom stereocenters. The molecular formula is C22H23NO6S3. The van der Waals surface area contributed by atoms with Crippen molar-refractivity contribution in [2.24, 2.45) is 0 Å². The standard InChI is InChI=1S/C22H23NO6S3/c1-7-29-12-8-9-14-13(10-12)15(18(30)22(3,4)23(14)11(2)24)21-31-16(19(25)27-5)17(32-21)20(26)28-6/h8-10H,7H2,1-6H3. The number of hydrogen-bond donors (Lipinski definition) is 0. The Labute approximate surface area is 200 Å². The lowest BCUT2D eigenvalue weighted by Gasteiger charge is -2.44. The fourth-order valence-electron chi connectivity index (χ4n) is 3.62. The quantitative estimate of drug-likeness (QED) is 0.346. The summed E-state index contributed by atoms with van der Waals surface area (Å²) in [5.74, 6) is -0.791. The zero-order chi connectivity index (χ0) is 23.8. The molecule has 1 aromatic rings. The van der Waals surface area contributed by atoms with Gasteiger partial charge in [-0.1, -0.05) is 35.7 Å². The van der Waals surface area contributed by atoms with E-state index in [0.717, 1.165) is 23.5 Å². The van der Waals surface area contributed by atoms with Gasteiger partial charge in [-0.25, -0.2) is 9.59 Å². The van der Waals surface area contributed by atoms with Crippen LogP contribution in [0.5, 0.6) is 5.75 Å². The SMILES string of the molecule is CCOc1ccc2c(c1)C(=C1SC(C(=O)OC)=C(C(=O)OC)S1)C(=S)C(C)(C)N2C(C)=O. The van der Waals surface area contributed by atoms with Gasteiger partial charge in [-0.3, -0.25) is 4.79 Å². The Morgan fingerprint density at radius 2 is 1.62 bits per heavy atom. The number of rotatable bonds is 4. The number of thiocarbonyl (C=S) groups is 1. The summed E-state index contributed by atoms with van der Waals surface area (Å²) in [5, 5.41) is 0. The Bertz CT molecular complexity index is 1060. The maximum Gasteiger partial charge on any atom is 0.346 e. The summed E-state index contributed by atoms with van der Waals surface area (Å²) < 4.78 is 16.0. The van der Waals surface area contributed by atoms with Gasteiger partial charge in [-0.15, -0.1) is 0 Å². The number of hydrogen-bond acceptors (Lipinski definition) is 9. The second-order valence-electron chi connectivity index (χ2n) is 7.36. The minimum absolute atomic E-state index is 0.143. The summed E-state index contributed by atoms with van der Waals surface area (Å²) in [5.41, 5.74) is 1.23. The van der Waals surface area contributed by atoms with Crippen LogP contribution < -0.4 is 9.64 Å². The van der Waals surface area contributed by atoms with Crippen molar-refractivity contribution in [3.05, 3.63) is 37.8 Å². The van der Waals surface area contributed by atoms with E-state index in [9.17, 15) is 14.4 Å². The van der Waals surface area contributed by atoms with Gasteiger partial charge in [0.15, 0.2) is 0 Å². The number of anilines is 1. The average molecular weight is 494 g/mol. The highest BCUT2D eigenvalue weighted by atomic mass is 32.2. The molecule has 0 bridgehead atoms. The van der Waals surface area contributed by atoms with Crippen molar-refractivity contribution in [3.8, 4) is 5.75 Å². The van der Waals surface area contributed by atoms with Gasteiger partial charge >= 0.3 is 11.9 Å². The fraction of sp³-hybridized carbons (Fsp3) is 0.364. The van der Waals surface area contributed by atoms with Crippen LogP contribution in [0, 0.1) is 0 Å². The highest BCUT2D eigenvalue weighted by Crippen LogP contribution is 2.56. The van der Waals surface area contributed by atoms with E-state index in [1.54, 1.807) is 11.0 Å². The van der Waals surface area contributed by atoms with Crippen LogP contribution in [0.3, 0.4) is 0 Å². The minimum atomic E-state index is -0.815. The van der Waals surface area contributed by atoms with Gasteiger partial charge < -0.3 is 19.1 Å². The minimum Gasteiger partial charge on any atom is -0.494 e. The topological polar surface area (TPSA) is 82.1 Å². The van der Waals surface area contributed by atoms with Crippen LogP contribution in [-0.2, 0) is 23.9 Å². The highest BCUT2D eigenvalue weighted by Gasteiger charge is 2.45. The van der Waals surface area contributed by atoms with E-state index in [1.165, 1.54) is 21.1 Å². The molecule has 7 nitrogen and oxygen atoms in total. The molecule has 0 spiro atoms. The number of thioether (sulfide) groups is 2. The molecule has 3 rings (SSSR count). The zero-order valence-corrected chi connectivity index (χ0v) is 21.0. The molecule has 0 aromatic heterocycles. The molecule has 2 aliphatic rings. The first kappa shape index (κ1) is 24.3. The Kier molecular flexibility index (Phi) is 7.06. The third-order valence-electron chi connectivity index (χ3n) is 4.99. The van der Waals surface area contributed by atoms with Crippen LogP contribution in [0.4, 0.5) is 5.69 Å². The lowest BCUT2D eigenvalue weighted by molar-refractivity contribution is -0.138. The summed E-state index contributed by atoms with van der Waals surface area (Å²) in [7, 11) is 2.51. The van der Waals surface area contributed by atoms with Gasteiger partial charge in [0.25, 0.3) is 0 Å². The van der Waals surface area contributed by atoms with Crippen molar-refractivity contribution >= 4 is 69.7 Å². The first-order valence-electron chi connectivity index (χ1n) is 9.72. The van der Waals surface area contributed by atoms with Crippen LogP contribution >= 0.6 is 35.7 Å². The number of nitrogens with zero attached hydrogens (tertiary/aromatic N) is 1. The van der Waals surface area contributed by atoms with E-state index in [1.807, 2.05) is 32.9 Å². The number of methoxy groups -OCH3 is 2. The molecule has 1 amide bonds. The Hall–Kier alpha value is -2.30. The normalized spacial score (nSPS) is 17.3. The van der Waals surface area contributed by atoms with Gasteiger partial charge in [0.1, 0.15) is 15.6 Å². The van der Waals surface area contributed by atoms with Crippen molar-refractivity contribution in [2.75, 3.05) is 25.7 Å². The van der Waals surface area contributed by atoms with E-state index in [2.05, 4.69) is 0 Å². The Morgan fingerprint density at radius 3 is 2.09 bits per heavy atom. The molecule has 0 saturated carbocycles. The predicted molar refractivity (Wildman–Crippen MR) is 131 cm³/mol. The van der Waals surface area contributed by atoms with E-state index >= 15 is 0 Å². The molecule has 32 heavy (non-hydrogen) atoms. The van der Waals surface area contributed by atoms with E-state index < -0.39 is 17.5 Å². The smallest absolute Gasteiger partial charge is 0.346 e. The van der Waals surface area contributed by atoms with Gasteiger partial charge in [-0.05, 0) is 39.0 Å². The molecular weight excluding hydrogens is 470 g/mol. The Morgan fingerprint density at radius 1 is 1.06 bits per heavy atom. The molecule has 0 radical (unpaired) electrons. The predicted octanol–water partition coefficient (Wildman–Crippen LogP) is 4.31. The van der Waals surface area contributed by atoms with Gasteiger partial charge in [0.05, 0.1) is 41.2 Å². The lowest BCUT2D eigenvalue weighted by atomic mass is 9.83. The molecule has 0 saturated heterocycles. The molecule has 2 heterocycles. The molecule has 0 unspecified atom stereocenters. The fourth-order valence-corrected chi connectivity index (χ4v) is 6.65. The van der Waals surface area contributed by atoms with Crippen molar-refractivity contribution < 1.29 is 28.6 Å². The molecule has 10 heteroatoms. The maximum atomic E-state index is 12.6. The number of esters is 2. The van der Waals surface area contributed by atoms with Crippen molar-refractivity contribution in [2.45, 2.75) is 33.2 Å². The summed E-state index contributed by atoms with van der Waals surface area (Å²) >= 11 is 8.10. The Balaban J connectivity index is 2.27. The third kappa shape index (κ3) is 4.06. The van der Waals surface area contributed by atoms with Crippen molar-refractivity contribution in [1.29, 1.82) is 0 Å². The highest BCUT2D eigenvalue weighted by molar-refractivity contribution is 8.29. The zero-order valence-electron chi connectivity index (χ0n) is 18.6. The van der Waals surface area contributed by atoms with Gasteiger partial charge in [0.2, 0.25) is 5.91 Å².